The van der Waals surface area contributed by atoms with Crippen molar-refractivity contribution in [3.63, 3.8) is 0 Å². The summed E-state index contributed by atoms with van der Waals surface area (Å²) in [5.41, 5.74) is -0.400. The largest absolute Gasteiger partial charge is 0.497 e. The van der Waals surface area contributed by atoms with Gasteiger partial charge in [-0.15, -0.1) is 0 Å². The molecule has 10 nitrogen and oxygen atoms in total. The normalized spacial score (nSPS) is 12.2. The predicted octanol–water partition coefficient (Wildman–Crippen LogP) is 0.704. The first-order chi connectivity index (χ1) is 14.4. The number of fused-ring (bicyclic) bond motifs is 1. The fraction of sp³-hybridized carbons (Fsp3) is 0.450. The highest BCUT2D eigenvalue weighted by Gasteiger charge is 2.21. The minimum absolute atomic E-state index is 0.0191. The van der Waals surface area contributed by atoms with Crippen molar-refractivity contribution in [2.24, 2.45) is 14.1 Å². The summed E-state index contributed by atoms with van der Waals surface area (Å²) in [6.07, 6.45) is -0.0582. The number of imidazole rings is 1. The van der Waals surface area contributed by atoms with E-state index in [1.165, 1.54) is 11.6 Å². The first kappa shape index (κ1) is 21.4. The number of aliphatic hydroxyl groups excluding tert-OH is 1. The second-order valence-corrected chi connectivity index (χ2v) is 6.99. The van der Waals surface area contributed by atoms with Gasteiger partial charge in [0.05, 0.1) is 13.7 Å². The van der Waals surface area contributed by atoms with Crippen molar-refractivity contribution in [3.05, 3.63) is 45.1 Å². The van der Waals surface area contributed by atoms with Crippen molar-refractivity contribution in [1.29, 1.82) is 0 Å². The second-order valence-electron chi connectivity index (χ2n) is 6.99. The van der Waals surface area contributed by atoms with E-state index in [1.54, 1.807) is 43.0 Å². The highest BCUT2D eigenvalue weighted by atomic mass is 16.5. The zero-order valence-corrected chi connectivity index (χ0v) is 17.6. The summed E-state index contributed by atoms with van der Waals surface area (Å²) >= 11 is 0. The summed E-state index contributed by atoms with van der Waals surface area (Å²) in [5, 5.41) is 13.7. The van der Waals surface area contributed by atoms with Crippen molar-refractivity contribution < 1.29 is 14.6 Å². The molecule has 162 valence electrons. The van der Waals surface area contributed by atoms with Crippen molar-refractivity contribution in [2.45, 2.75) is 26.0 Å². The third-order valence-electron chi connectivity index (χ3n) is 4.78. The van der Waals surface area contributed by atoms with Crippen LogP contribution < -0.4 is 26.0 Å². The van der Waals surface area contributed by atoms with Crippen LogP contribution in [-0.4, -0.2) is 50.2 Å². The van der Waals surface area contributed by atoms with Gasteiger partial charge in [-0.3, -0.25) is 13.9 Å². The predicted molar refractivity (Wildman–Crippen MR) is 113 cm³/mol. The molecule has 2 aromatic heterocycles. The number of anilines is 1. The average molecular weight is 417 g/mol. The lowest BCUT2D eigenvalue weighted by Gasteiger charge is -2.16. The number of aliphatic hydroxyl groups is 1. The number of hydrogen-bond donors (Lipinski definition) is 2. The number of aromatic nitrogens is 4. The molecule has 1 atom stereocenters. The number of hydrogen-bond acceptors (Lipinski definition) is 7. The number of methoxy groups -OCH3 is 1. The average Bonchev–Trinajstić information content (AvgIpc) is 3.11. The summed E-state index contributed by atoms with van der Waals surface area (Å²) < 4.78 is 14.7. The summed E-state index contributed by atoms with van der Waals surface area (Å²) in [6.45, 7) is 2.74. The van der Waals surface area contributed by atoms with E-state index >= 15 is 0 Å². The van der Waals surface area contributed by atoms with E-state index in [-0.39, 0.29) is 24.3 Å². The van der Waals surface area contributed by atoms with Gasteiger partial charge >= 0.3 is 5.69 Å². The molecule has 0 aliphatic carbocycles. The molecule has 3 rings (SSSR count). The van der Waals surface area contributed by atoms with Crippen LogP contribution in [0.1, 0.15) is 13.3 Å². The molecule has 1 aromatic carbocycles. The van der Waals surface area contributed by atoms with E-state index in [4.69, 9.17) is 9.47 Å². The lowest BCUT2D eigenvalue weighted by Crippen LogP contribution is -2.38. The fourth-order valence-corrected chi connectivity index (χ4v) is 3.12. The van der Waals surface area contributed by atoms with Gasteiger partial charge in [0.1, 0.15) is 24.2 Å². The maximum atomic E-state index is 12.8. The van der Waals surface area contributed by atoms with E-state index in [0.29, 0.717) is 24.0 Å². The quantitative estimate of drug-likeness (QED) is 0.527. The van der Waals surface area contributed by atoms with Crippen LogP contribution in [0.25, 0.3) is 11.2 Å². The lowest BCUT2D eigenvalue weighted by atomic mass is 10.3. The van der Waals surface area contributed by atoms with Crippen molar-refractivity contribution in [2.75, 3.05) is 25.6 Å². The van der Waals surface area contributed by atoms with Gasteiger partial charge in [0, 0.05) is 20.6 Å². The molecule has 0 fully saturated rings. The molecule has 0 spiro atoms. The van der Waals surface area contributed by atoms with E-state index in [0.717, 1.165) is 11.0 Å². The molecule has 0 unspecified atom stereocenters. The monoisotopic (exact) mass is 417 g/mol. The summed E-state index contributed by atoms with van der Waals surface area (Å²) in [4.78, 5) is 29.4. The second kappa shape index (κ2) is 9.04. The number of ether oxygens (including phenoxy) is 2. The Morgan fingerprint density at radius 3 is 2.43 bits per heavy atom. The lowest BCUT2D eigenvalue weighted by molar-refractivity contribution is 0.0938. The molecule has 2 heterocycles. The zero-order chi connectivity index (χ0) is 21.8. The van der Waals surface area contributed by atoms with Gasteiger partial charge in [0.25, 0.3) is 5.56 Å². The molecule has 0 aliphatic heterocycles. The molecule has 3 aromatic rings. The van der Waals surface area contributed by atoms with Crippen LogP contribution in [0.5, 0.6) is 11.5 Å². The minimum Gasteiger partial charge on any atom is -0.497 e. The molecule has 0 radical (unpaired) electrons. The van der Waals surface area contributed by atoms with Crippen LogP contribution in [0, 0.1) is 0 Å². The summed E-state index contributed by atoms with van der Waals surface area (Å²) in [7, 11) is 4.57. The Morgan fingerprint density at radius 1 is 1.13 bits per heavy atom. The number of rotatable bonds is 9. The van der Waals surface area contributed by atoms with Gasteiger partial charge in [-0.25, -0.2) is 4.79 Å². The number of aryl methyl sites for hydroxylation is 1. The molecule has 0 bridgehead atoms. The SMILES string of the molecule is CCCNc1nc2c(c(=O)n(C)c(=O)n2C)n1C[C@H](O)COc1ccc(OC)cc1. The maximum absolute atomic E-state index is 12.8. The Hall–Kier alpha value is -3.27. The molecule has 10 heteroatoms. The Bertz CT molecular complexity index is 1130. The van der Waals surface area contributed by atoms with Crippen LogP contribution in [0.3, 0.4) is 0 Å². The summed E-state index contributed by atoms with van der Waals surface area (Å²) in [5.74, 6) is 1.72. The standard InChI is InChI=1S/C20H27N5O5/c1-5-10-21-19-22-17-16(18(27)24(3)20(28)23(17)2)25(19)11-13(26)12-30-15-8-6-14(29-4)7-9-15/h6-9,13,26H,5,10-12H2,1-4H3,(H,21,22)/t13-/m0/s1. The van der Waals surface area contributed by atoms with Crippen molar-refractivity contribution >= 4 is 17.1 Å². The highest BCUT2D eigenvalue weighted by Crippen LogP contribution is 2.19. The van der Waals surface area contributed by atoms with Crippen molar-refractivity contribution in [1.82, 2.24) is 18.7 Å². The first-order valence-electron chi connectivity index (χ1n) is 9.72. The van der Waals surface area contributed by atoms with Crippen LogP contribution in [-0.2, 0) is 20.6 Å². The van der Waals surface area contributed by atoms with Gasteiger partial charge in [-0.1, -0.05) is 6.92 Å². The Kier molecular flexibility index (Phi) is 6.46. The van der Waals surface area contributed by atoms with Crippen LogP contribution >= 0.6 is 0 Å². The number of nitrogens with zero attached hydrogens (tertiary/aromatic N) is 4. The molecular weight excluding hydrogens is 390 g/mol. The first-order valence-corrected chi connectivity index (χ1v) is 9.72. The molecular formula is C20H27N5O5. The fourth-order valence-electron chi connectivity index (χ4n) is 3.12. The van der Waals surface area contributed by atoms with E-state index < -0.39 is 17.4 Å². The van der Waals surface area contributed by atoms with Crippen LogP contribution in [0.4, 0.5) is 5.95 Å². The van der Waals surface area contributed by atoms with Gasteiger partial charge in [-0.05, 0) is 30.7 Å². The van der Waals surface area contributed by atoms with Gasteiger partial charge < -0.3 is 24.5 Å². The molecule has 0 saturated heterocycles. The minimum atomic E-state index is -0.909. The Labute approximate surface area is 173 Å². The zero-order valence-electron chi connectivity index (χ0n) is 17.6. The third kappa shape index (κ3) is 4.18. The topological polar surface area (TPSA) is 113 Å². The Morgan fingerprint density at radius 2 is 1.80 bits per heavy atom. The maximum Gasteiger partial charge on any atom is 0.332 e. The van der Waals surface area contributed by atoms with E-state index in [9.17, 15) is 14.7 Å². The number of benzene rings is 1. The molecule has 0 amide bonds. The van der Waals surface area contributed by atoms with E-state index in [1.807, 2.05) is 6.92 Å². The highest BCUT2D eigenvalue weighted by molar-refractivity contribution is 5.74. The van der Waals surface area contributed by atoms with Gasteiger partial charge in [0.2, 0.25) is 5.95 Å². The molecule has 30 heavy (non-hydrogen) atoms. The molecule has 0 saturated carbocycles. The molecule has 2 N–H and O–H groups in total. The smallest absolute Gasteiger partial charge is 0.332 e. The number of nitrogens with one attached hydrogen (secondary N) is 1. The van der Waals surface area contributed by atoms with E-state index in [2.05, 4.69) is 10.3 Å². The van der Waals surface area contributed by atoms with Gasteiger partial charge in [-0.2, -0.15) is 4.98 Å². The van der Waals surface area contributed by atoms with Crippen molar-refractivity contribution in [3.8, 4) is 11.5 Å². The van der Waals surface area contributed by atoms with Gasteiger partial charge in [0.15, 0.2) is 11.2 Å². The van der Waals surface area contributed by atoms with Crippen LogP contribution in [0.2, 0.25) is 0 Å². The van der Waals surface area contributed by atoms with Crippen LogP contribution in [0.15, 0.2) is 33.9 Å². The third-order valence-corrected chi connectivity index (χ3v) is 4.78. The Balaban J connectivity index is 1.88. The molecule has 0 aliphatic rings. The summed E-state index contributed by atoms with van der Waals surface area (Å²) in [6, 6.07) is 7.03.